The lowest BCUT2D eigenvalue weighted by Crippen LogP contribution is -2.33. The van der Waals surface area contributed by atoms with Crippen molar-refractivity contribution in [2.24, 2.45) is 0 Å². The summed E-state index contributed by atoms with van der Waals surface area (Å²) in [6, 6.07) is 9.15. The lowest BCUT2D eigenvalue weighted by atomic mass is 10.2. The van der Waals surface area contributed by atoms with E-state index in [2.05, 4.69) is 0 Å². The van der Waals surface area contributed by atoms with Crippen molar-refractivity contribution in [2.45, 2.75) is 6.61 Å². The third-order valence-electron chi connectivity index (χ3n) is 2.30. The summed E-state index contributed by atoms with van der Waals surface area (Å²) in [5.74, 6) is -0.688. The molecule has 2 amide bonds. The van der Waals surface area contributed by atoms with Crippen LogP contribution >= 0.6 is 0 Å². The van der Waals surface area contributed by atoms with Gasteiger partial charge in [0.25, 0.3) is 5.91 Å². The Kier molecular flexibility index (Phi) is 3.09. The van der Waals surface area contributed by atoms with Crippen LogP contribution in [0, 0.1) is 0 Å². The monoisotopic (exact) mass is 233 g/mol. The molecule has 0 saturated carbocycles. The van der Waals surface area contributed by atoms with Crippen LogP contribution in [0.15, 0.2) is 42.2 Å². The van der Waals surface area contributed by atoms with Crippen molar-refractivity contribution in [3.63, 3.8) is 0 Å². The van der Waals surface area contributed by atoms with Crippen molar-refractivity contribution in [3.8, 4) is 0 Å². The first-order chi connectivity index (χ1) is 8.16. The van der Waals surface area contributed by atoms with Crippen LogP contribution in [0.1, 0.15) is 5.56 Å². The van der Waals surface area contributed by atoms with E-state index in [1.807, 2.05) is 30.3 Å². The summed E-state index contributed by atoms with van der Waals surface area (Å²) < 4.78 is 4.95. The zero-order valence-electron chi connectivity index (χ0n) is 9.00. The van der Waals surface area contributed by atoms with Gasteiger partial charge in [0.2, 0.25) is 0 Å². The lowest BCUT2D eigenvalue weighted by molar-refractivity contribution is -0.123. The highest BCUT2D eigenvalue weighted by atomic mass is 16.6. The Balaban J connectivity index is 1.89. The molecule has 1 aromatic rings. The van der Waals surface area contributed by atoms with Crippen molar-refractivity contribution >= 4 is 12.0 Å². The van der Waals surface area contributed by atoms with Gasteiger partial charge in [-0.2, -0.15) is 0 Å². The number of nitrogens with zero attached hydrogens (tertiary/aromatic N) is 1. The third kappa shape index (κ3) is 2.63. The highest BCUT2D eigenvalue weighted by Gasteiger charge is 2.28. The van der Waals surface area contributed by atoms with Crippen LogP contribution in [-0.4, -0.2) is 28.6 Å². The van der Waals surface area contributed by atoms with Crippen LogP contribution in [0.25, 0.3) is 0 Å². The van der Waals surface area contributed by atoms with Gasteiger partial charge in [-0.1, -0.05) is 30.3 Å². The number of hydrogen-bond acceptors (Lipinski definition) is 4. The molecule has 0 aromatic heterocycles. The van der Waals surface area contributed by atoms with Crippen LogP contribution in [0.5, 0.6) is 0 Å². The fourth-order valence-corrected chi connectivity index (χ4v) is 1.46. The Hall–Kier alpha value is -2.30. The van der Waals surface area contributed by atoms with E-state index in [0.29, 0.717) is 0 Å². The summed E-state index contributed by atoms with van der Waals surface area (Å²) in [7, 11) is 0. The second-order valence-corrected chi connectivity index (χ2v) is 3.60. The molecule has 1 N–H and O–H groups in total. The minimum absolute atomic E-state index is 0.101. The average Bonchev–Trinajstić information content (AvgIpc) is 2.67. The van der Waals surface area contributed by atoms with E-state index in [1.54, 1.807) is 0 Å². The van der Waals surface area contributed by atoms with E-state index >= 15 is 0 Å². The molecule has 1 aliphatic heterocycles. The zero-order chi connectivity index (χ0) is 12.3. The van der Waals surface area contributed by atoms with Crippen LogP contribution in [-0.2, 0) is 16.1 Å². The summed E-state index contributed by atoms with van der Waals surface area (Å²) in [6.45, 7) is -0.0172. The normalized spacial score (nSPS) is 14.7. The van der Waals surface area contributed by atoms with Gasteiger partial charge in [0.05, 0.1) is 6.54 Å². The number of hydrogen-bond donors (Lipinski definition) is 1. The second kappa shape index (κ2) is 4.69. The molecule has 0 spiro atoms. The summed E-state index contributed by atoms with van der Waals surface area (Å²) in [5, 5.41) is 9.09. The average molecular weight is 233 g/mol. The van der Waals surface area contributed by atoms with E-state index in [0.717, 1.165) is 16.5 Å². The summed E-state index contributed by atoms with van der Waals surface area (Å²) in [5.41, 5.74) is 0.838. The molecule has 88 valence electrons. The van der Waals surface area contributed by atoms with Crippen molar-refractivity contribution in [2.75, 3.05) is 6.54 Å². The second-order valence-electron chi connectivity index (χ2n) is 3.60. The predicted octanol–water partition coefficient (Wildman–Crippen LogP) is 1.61. The molecule has 1 aromatic carbocycles. The number of rotatable bonds is 2. The van der Waals surface area contributed by atoms with Crippen LogP contribution in [0.2, 0.25) is 0 Å². The quantitative estimate of drug-likeness (QED) is 0.842. The van der Waals surface area contributed by atoms with Gasteiger partial charge in [-0.05, 0) is 5.56 Å². The minimum Gasteiger partial charge on any atom is -0.510 e. The summed E-state index contributed by atoms with van der Waals surface area (Å²) in [4.78, 5) is 23.6. The lowest BCUT2D eigenvalue weighted by Gasteiger charge is -2.13. The Morgan fingerprint density at radius 2 is 2.06 bits per heavy atom. The maximum absolute atomic E-state index is 11.5. The van der Waals surface area contributed by atoms with E-state index < -0.39 is 12.0 Å². The number of imide groups is 1. The Morgan fingerprint density at radius 1 is 1.35 bits per heavy atom. The minimum atomic E-state index is -0.751. The van der Waals surface area contributed by atoms with Crippen LogP contribution in [0.4, 0.5) is 4.79 Å². The molecule has 17 heavy (non-hydrogen) atoms. The van der Waals surface area contributed by atoms with Gasteiger partial charge in [0.15, 0.2) is 0 Å². The number of carbonyl (C=O) groups is 2. The maximum Gasteiger partial charge on any atom is 0.417 e. The first-order valence-corrected chi connectivity index (χ1v) is 5.08. The molecule has 1 heterocycles. The third-order valence-corrected chi connectivity index (χ3v) is 2.30. The SMILES string of the molecule is O=C1C=C(O)CN1C(=O)OCc1ccccc1. The van der Waals surface area contributed by atoms with Gasteiger partial charge in [-0.15, -0.1) is 0 Å². The molecule has 0 atom stereocenters. The number of carbonyl (C=O) groups excluding carboxylic acids is 2. The Bertz CT molecular complexity index is 467. The van der Waals surface area contributed by atoms with Crippen molar-refractivity contribution in [3.05, 3.63) is 47.7 Å². The number of benzene rings is 1. The van der Waals surface area contributed by atoms with Gasteiger partial charge >= 0.3 is 6.09 Å². The molecule has 0 radical (unpaired) electrons. The first kappa shape index (κ1) is 11.2. The fourth-order valence-electron chi connectivity index (χ4n) is 1.46. The molecule has 0 aliphatic carbocycles. The molecule has 2 rings (SSSR count). The van der Waals surface area contributed by atoms with Gasteiger partial charge in [0.1, 0.15) is 12.4 Å². The van der Waals surface area contributed by atoms with Crippen molar-refractivity contribution in [1.82, 2.24) is 4.90 Å². The summed E-state index contributed by atoms with van der Waals surface area (Å²) >= 11 is 0. The highest BCUT2D eigenvalue weighted by Crippen LogP contribution is 2.10. The number of amides is 2. The van der Waals surface area contributed by atoms with Crippen LogP contribution in [0.3, 0.4) is 0 Å². The molecular weight excluding hydrogens is 222 g/mol. The van der Waals surface area contributed by atoms with E-state index in [-0.39, 0.29) is 18.9 Å². The Labute approximate surface area is 97.9 Å². The molecular formula is C12H11NO4. The van der Waals surface area contributed by atoms with Crippen molar-refractivity contribution < 1.29 is 19.4 Å². The largest absolute Gasteiger partial charge is 0.510 e. The maximum atomic E-state index is 11.5. The molecule has 5 nitrogen and oxygen atoms in total. The van der Waals surface area contributed by atoms with Gasteiger partial charge < -0.3 is 9.84 Å². The molecule has 0 unspecified atom stereocenters. The van der Waals surface area contributed by atoms with Gasteiger partial charge in [0, 0.05) is 6.08 Å². The number of aliphatic hydroxyl groups excluding tert-OH is 1. The topological polar surface area (TPSA) is 66.8 Å². The smallest absolute Gasteiger partial charge is 0.417 e. The highest BCUT2D eigenvalue weighted by molar-refractivity contribution is 6.01. The van der Waals surface area contributed by atoms with E-state index in [1.165, 1.54) is 0 Å². The molecule has 0 saturated heterocycles. The van der Waals surface area contributed by atoms with E-state index in [4.69, 9.17) is 9.84 Å². The zero-order valence-corrected chi connectivity index (χ0v) is 9.00. The van der Waals surface area contributed by atoms with Gasteiger partial charge in [-0.25, -0.2) is 9.69 Å². The fraction of sp³-hybridized carbons (Fsp3) is 0.167. The van der Waals surface area contributed by atoms with E-state index in [9.17, 15) is 9.59 Å². The molecule has 1 aliphatic rings. The molecule has 5 heteroatoms. The molecule has 0 fully saturated rings. The first-order valence-electron chi connectivity index (χ1n) is 5.08. The standard InChI is InChI=1S/C12H11NO4/c14-10-6-11(15)13(7-10)12(16)17-8-9-4-2-1-3-5-9/h1-6,14H,7-8H2. The van der Waals surface area contributed by atoms with Crippen LogP contribution < -0.4 is 0 Å². The predicted molar refractivity (Wildman–Crippen MR) is 59.1 cm³/mol. The number of aliphatic hydroxyl groups is 1. The number of ether oxygens (including phenoxy) is 1. The Morgan fingerprint density at radius 3 is 2.65 bits per heavy atom. The molecule has 0 bridgehead atoms. The van der Waals surface area contributed by atoms with Gasteiger partial charge in [-0.3, -0.25) is 4.79 Å². The van der Waals surface area contributed by atoms with Crippen molar-refractivity contribution in [1.29, 1.82) is 0 Å². The summed E-state index contributed by atoms with van der Waals surface area (Å²) in [6.07, 6.45) is 0.253.